The lowest BCUT2D eigenvalue weighted by Gasteiger charge is -2.33. The lowest BCUT2D eigenvalue weighted by atomic mass is 9.96. The predicted octanol–water partition coefficient (Wildman–Crippen LogP) is 3.00. The molecule has 0 aliphatic carbocycles. The first kappa shape index (κ1) is 14.9. The number of hydrogen-bond donors (Lipinski definition) is 1. The van der Waals surface area contributed by atoms with E-state index in [9.17, 15) is 13.2 Å². The first-order valence-corrected chi connectivity index (χ1v) is 6.81. The molecule has 112 valence electrons. The molecule has 0 amide bonds. The minimum Gasteiger partial charge on any atom is -0.370 e. The molecule has 2 heterocycles. The fourth-order valence-corrected chi connectivity index (χ4v) is 2.42. The molecule has 0 aromatic carbocycles. The van der Waals surface area contributed by atoms with Gasteiger partial charge in [-0.3, -0.25) is 0 Å². The second-order valence-corrected chi connectivity index (χ2v) is 4.99. The van der Waals surface area contributed by atoms with Crippen LogP contribution in [0.2, 0.25) is 0 Å². The van der Waals surface area contributed by atoms with Crippen LogP contribution in [0.15, 0.2) is 6.07 Å². The van der Waals surface area contributed by atoms with E-state index in [0.717, 1.165) is 6.54 Å². The van der Waals surface area contributed by atoms with Crippen molar-refractivity contribution >= 4 is 11.6 Å². The lowest BCUT2D eigenvalue weighted by Crippen LogP contribution is -2.39. The maximum absolute atomic E-state index is 12.6. The molecule has 1 aliphatic heterocycles. The molecule has 1 N–H and O–H groups in total. The van der Waals surface area contributed by atoms with Crippen molar-refractivity contribution in [3.05, 3.63) is 11.9 Å². The molecular weight excluding hydrogens is 269 g/mol. The summed E-state index contributed by atoms with van der Waals surface area (Å²) in [5.41, 5.74) is 0. The zero-order valence-electron chi connectivity index (χ0n) is 11.7. The Kier molecular flexibility index (Phi) is 4.35. The van der Waals surface area contributed by atoms with Crippen molar-refractivity contribution in [3.63, 3.8) is 0 Å². The topological polar surface area (TPSA) is 41.0 Å². The molecule has 1 fully saturated rings. The molecule has 0 radical (unpaired) electrons. The summed E-state index contributed by atoms with van der Waals surface area (Å²) in [4.78, 5) is 10.5. The van der Waals surface area contributed by atoms with Crippen molar-refractivity contribution in [1.82, 2.24) is 9.97 Å². The zero-order chi connectivity index (χ0) is 14.8. The van der Waals surface area contributed by atoms with Gasteiger partial charge in [-0.15, -0.1) is 0 Å². The first-order chi connectivity index (χ1) is 9.40. The maximum atomic E-state index is 12.6. The van der Waals surface area contributed by atoms with E-state index < -0.39 is 12.1 Å². The van der Waals surface area contributed by atoms with Crippen molar-refractivity contribution in [3.8, 4) is 0 Å². The molecule has 1 aliphatic rings. The molecule has 2 rings (SSSR count). The summed E-state index contributed by atoms with van der Waals surface area (Å²) in [5.74, 6) is 0.855. The Morgan fingerprint density at radius 3 is 2.50 bits per heavy atom. The molecule has 1 aromatic rings. The highest BCUT2D eigenvalue weighted by Crippen LogP contribution is 2.35. The summed E-state index contributed by atoms with van der Waals surface area (Å²) in [6.07, 6.45) is -3.82. The molecule has 0 spiro atoms. The van der Waals surface area contributed by atoms with Crippen molar-refractivity contribution in [2.45, 2.75) is 32.9 Å². The van der Waals surface area contributed by atoms with E-state index in [1.807, 2.05) is 11.8 Å². The van der Waals surface area contributed by atoms with Gasteiger partial charge in [-0.05, 0) is 26.7 Å². The molecule has 7 heteroatoms. The highest BCUT2D eigenvalue weighted by atomic mass is 19.4. The third kappa shape index (κ3) is 3.52. The minimum atomic E-state index is -4.08. The maximum Gasteiger partial charge on any atom is 0.391 e. The van der Waals surface area contributed by atoms with Crippen LogP contribution in [0.5, 0.6) is 0 Å². The number of aryl methyl sites for hydroxylation is 1. The normalized spacial score (nSPS) is 17.4. The number of anilines is 2. The fourth-order valence-electron chi connectivity index (χ4n) is 2.42. The third-order valence-electron chi connectivity index (χ3n) is 3.46. The second kappa shape index (κ2) is 5.85. The molecule has 0 atom stereocenters. The van der Waals surface area contributed by atoms with Crippen LogP contribution < -0.4 is 10.2 Å². The Morgan fingerprint density at radius 2 is 1.95 bits per heavy atom. The van der Waals surface area contributed by atoms with Crippen LogP contribution in [0.3, 0.4) is 0 Å². The molecule has 4 nitrogen and oxygen atoms in total. The Bertz CT molecular complexity index is 453. The standard InChI is InChI=1S/C13H19F3N4/c1-3-17-11-8-12(19-9(2)18-11)20-6-4-10(5-7-20)13(14,15)16/h8,10H,3-7H2,1-2H3,(H,17,18,19). The molecule has 0 unspecified atom stereocenters. The zero-order valence-corrected chi connectivity index (χ0v) is 11.7. The van der Waals surface area contributed by atoms with Crippen molar-refractivity contribution < 1.29 is 13.2 Å². The van der Waals surface area contributed by atoms with Crippen LogP contribution in [0.4, 0.5) is 24.8 Å². The SMILES string of the molecule is CCNc1cc(N2CCC(C(F)(F)F)CC2)nc(C)n1. The van der Waals surface area contributed by atoms with Gasteiger partial charge in [-0.25, -0.2) is 9.97 Å². The van der Waals surface area contributed by atoms with Gasteiger partial charge in [0, 0.05) is 25.7 Å². The largest absolute Gasteiger partial charge is 0.391 e. The fraction of sp³-hybridized carbons (Fsp3) is 0.692. The molecule has 1 aromatic heterocycles. The summed E-state index contributed by atoms with van der Waals surface area (Å²) in [6, 6.07) is 1.80. The van der Waals surface area contributed by atoms with Gasteiger partial charge < -0.3 is 10.2 Å². The summed E-state index contributed by atoms with van der Waals surface area (Å²) >= 11 is 0. The van der Waals surface area contributed by atoms with Gasteiger partial charge in [0.15, 0.2) is 0 Å². The molecule has 1 saturated heterocycles. The Labute approximate surface area is 116 Å². The quantitative estimate of drug-likeness (QED) is 0.928. The van der Waals surface area contributed by atoms with E-state index in [1.54, 1.807) is 13.0 Å². The van der Waals surface area contributed by atoms with Crippen LogP contribution in [-0.4, -0.2) is 35.8 Å². The van der Waals surface area contributed by atoms with Crippen LogP contribution >= 0.6 is 0 Å². The highest BCUT2D eigenvalue weighted by Gasteiger charge is 2.41. The Hall–Kier alpha value is -1.53. The monoisotopic (exact) mass is 288 g/mol. The van der Waals surface area contributed by atoms with Crippen LogP contribution in [-0.2, 0) is 0 Å². The number of nitrogens with one attached hydrogen (secondary N) is 1. The number of piperidine rings is 1. The first-order valence-electron chi connectivity index (χ1n) is 6.81. The van der Waals surface area contributed by atoms with Gasteiger partial charge in [-0.2, -0.15) is 13.2 Å². The van der Waals surface area contributed by atoms with Crippen molar-refractivity contribution in [1.29, 1.82) is 0 Å². The van der Waals surface area contributed by atoms with E-state index in [4.69, 9.17) is 0 Å². The molecule has 20 heavy (non-hydrogen) atoms. The average molecular weight is 288 g/mol. The van der Waals surface area contributed by atoms with Gasteiger partial charge in [-0.1, -0.05) is 0 Å². The summed E-state index contributed by atoms with van der Waals surface area (Å²) in [7, 11) is 0. The van der Waals surface area contributed by atoms with Gasteiger partial charge in [0.25, 0.3) is 0 Å². The smallest absolute Gasteiger partial charge is 0.370 e. The van der Waals surface area contributed by atoms with Gasteiger partial charge in [0.05, 0.1) is 5.92 Å². The van der Waals surface area contributed by atoms with Crippen molar-refractivity contribution in [2.75, 3.05) is 29.9 Å². The third-order valence-corrected chi connectivity index (χ3v) is 3.46. The summed E-state index contributed by atoms with van der Waals surface area (Å²) in [6.45, 7) is 5.25. The number of alkyl halides is 3. The van der Waals surface area contributed by atoms with Crippen LogP contribution in [0.25, 0.3) is 0 Å². The highest BCUT2D eigenvalue weighted by molar-refractivity contribution is 5.49. The van der Waals surface area contributed by atoms with Crippen LogP contribution in [0.1, 0.15) is 25.6 Å². The second-order valence-electron chi connectivity index (χ2n) is 4.99. The summed E-state index contributed by atoms with van der Waals surface area (Å²) in [5, 5.41) is 3.10. The molecule has 0 bridgehead atoms. The van der Waals surface area contributed by atoms with E-state index >= 15 is 0 Å². The minimum absolute atomic E-state index is 0.128. The Balaban J connectivity index is 2.07. The van der Waals surface area contributed by atoms with Gasteiger partial charge >= 0.3 is 6.18 Å². The van der Waals surface area contributed by atoms with E-state index in [0.29, 0.717) is 30.5 Å². The molecular formula is C13H19F3N4. The predicted molar refractivity (Wildman–Crippen MR) is 71.9 cm³/mol. The van der Waals surface area contributed by atoms with E-state index in [1.165, 1.54) is 0 Å². The summed E-state index contributed by atoms with van der Waals surface area (Å²) < 4.78 is 37.9. The van der Waals surface area contributed by atoms with E-state index in [2.05, 4.69) is 15.3 Å². The number of hydrogen-bond acceptors (Lipinski definition) is 4. The number of rotatable bonds is 3. The number of halogens is 3. The Morgan fingerprint density at radius 1 is 1.30 bits per heavy atom. The number of nitrogens with zero attached hydrogens (tertiary/aromatic N) is 3. The van der Waals surface area contributed by atoms with E-state index in [-0.39, 0.29) is 12.8 Å². The van der Waals surface area contributed by atoms with Gasteiger partial charge in [0.2, 0.25) is 0 Å². The van der Waals surface area contributed by atoms with Gasteiger partial charge in [0.1, 0.15) is 17.5 Å². The van der Waals surface area contributed by atoms with Crippen LogP contribution in [0, 0.1) is 12.8 Å². The lowest BCUT2D eigenvalue weighted by molar-refractivity contribution is -0.179. The van der Waals surface area contributed by atoms with Crippen molar-refractivity contribution in [2.24, 2.45) is 5.92 Å². The average Bonchev–Trinajstić information content (AvgIpc) is 2.37. The molecule has 0 saturated carbocycles. The number of aromatic nitrogens is 2.